The van der Waals surface area contributed by atoms with Crippen LogP contribution in [-0.4, -0.2) is 49.5 Å². The van der Waals surface area contributed by atoms with E-state index < -0.39 is 0 Å². The first-order valence-electron chi connectivity index (χ1n) is 8.02. The summed E-state index contributed by atoms with van der Waals surface area (Å²) in [6.45, 7) is 2.22. The summed E-state index contributed by atoms with van der Waals surface area (Å²) in [6.07, 6.45) is 2.30. The lowest BCUT2D eigenvalue weighted by molar-refractivity contribution is 0.0949. The molecule has 0 aliphatic rings. The van der Waals surface area contributed by atoms with Gasteiger partial charge in [-0.05, 0) is 50.3 Å². The van der Waals surface area contributed by atoms with Crippen molar-refractivity contribution >= 4 is 34.8 Å². The Morgan fingerprint density at radius 3 is 2.60 bits per heavy atom. The van der Waals surface area contributed by atoms with Crippen LogP contribution in [0.4, 0.5) is 5.69 Å². The molecule has 0 spiro atoms. The number of halogens is 2. The zero-order chi connectivity index (χ0) is 18.2. The second-order valence-corrected chi connectivity index (χ2v) is 6.75. The third kappa shape index (κ3) is 6.53. The molecule has 0 aliphatic heterocycles. The zero-order valence-corrected chi connectivity index (χ0v) is 15.9. The summed E-state index contributed by atoms with van der Waals surface area (Å²) < 4.78 is 0. The number of nitrogens with one attached hydrogen (secondary N) is 2. The third-order valence-corrected chi connectivity index (χ3v) is 4.17. The van der Waals surface area contributed by atoms with Crippen LogP contribution in [0, 0.1) is 0 Å². The van der Waals surface area contributed by atoms with Gasteiger partial charge in [0.1, 0.15) is 5.69 Å². The van der Waals surface area contributed by atoms with Gasteiger partial charge in [0.15, 0.2) is 0 Å². The van der Waals surface area contributed by atoms with Crippen LogP contribution in [0.2, 0.25) is 10.0 Å². The minimum absolute atomic E-state index is 0.204. The number of aromatic nitrogens is 1. The lowest BCUT2D eigenvalue weighted by Crippen LogP contribution is -2.26. The van der Waals surface area contributed by atoms with Crippen LogP contribution in [0.25, 0.3) is 0 Å². The smallest absolute Gasteiger partial charge is 0.269 e. The lowest BCUT2D eigenvalue weighted by atomic mass is 10.1. The Labute approximate surface area is 158 Å². The first-order valence-corrected chi connectivity index (χ1v) is 8.78. The van der Waals surface area contributed by atoms with Gasteiger partial charge in [0.25, 0.3) is 5.91 Å². The molecule has 134 valence electrons. The highest BCUT2D eigenvalue weighted by atomic mass is 35.5. The van der Waals surface area contributed by atoms with Gasteiger partial charge in [-0.25, -0.2) is 4.98 Å². The Morgan fingerprint density at radius 1 is 1.16 bits per heavy atom. The summed E-state index contributed by atoms with van der Waals surface area (Å²) in [5.41, 5.74) is 2.23. The SMILES string of the molecule is CN(C)CCNc1ccc(C(=O)NCCc2ccc(Cl)cc2Cl)nc1. The highest BCUT2D eigenvalue weighted by Gasteiger charge is 2.07. The minimum atomic E-state index is -0.204. The van der Waals surface area contributed by atoms with Crippen LogP contribution in [0.5, 0.6) is 0 Å². The van der Waals surface area contributed by atoms with Crippen molar-refractivity contribution in [3.05, 3.63) is 57.8 Å². The van der Waals surface area contributed by atoms with Crippen LogP contribution < -0.4 is 10.6 Å². The number of hydrogen-bond acceptors (Lipinski definition) is 4. The molecule has 7 heteroatoms. The van der Waals surface area contributed by atoms with E-state index in [4.69, 9.17) is 23.2 Å². The van der Waals surface area contributed by atoms with Gasteiger partial charge in [0, 0.05) is 29.7 Å². The van der Waals surface area contributed by atoms with E-state index in [-0.39, 0.29) is 5.91 Å². The maximum Gasteiger partial charge on any atom is 0.269 e. The first-order chi connectivity index (χ1) is 12.0. The van der Waals surface area contributed by atoms with Crippen LogP contribution in [0.3, 0.4) is 0 Å². The number of pyridine rings is 1. The molecule has 1 aromatic carbocycles. The predicted molar refractivity (Wildman–Crippen MR) is 104 cm³/mol. The molecular formula is C18H22Cl2N4O. The number of benzene rings is 1. The number of likely N-dealkylation sites (N-methyl/N-ethyl adjacent to an activating group) is 1. The summed E-state index contributed by atoms with van der Waals surface area (Å²) in [5, 5.41) is 7.31. The van der Waals surface area contributed by atoms with E-state index in [1.807, 2.05) is 26.2 Å². The lowest BCUT2D eigenvalue weighted by Gasteiger charge is -2.11. The molecule has 0 saturated heterocycles. The molecule has 0 unspecified atom stereocenters. The standard InChI is InChI=1S/C18H22Cl2N4O/c1-24(2)10-9-21-15-5-6-17(23-12-15)18(25)22-8-7-13-3-4-14(19)11-16(13)20/h3-6,11-12,21H,7-10H2,1-2H3,(H,22,25). The topological polar surface area (TPSA) is 57.3 Å². The third-order valence-electron chi connectivity index (χ3n) is 3.58. The summed E-state index contributed by atoms with van der Waals surface area (Å²) >= 11 is 12.0. The molecule has 5 nitrogen and oxygen atoms in total. The molecule has 0 saturated carbocycles. The normalized spacial score (nSPS) is 10.8. The van der Waals surface area contributed by atoms with Crippen molar-refractivity contribution in [2.45, 2.75) is 6.42 Å². The molecule has 1 amide bonds. The first kappa shape index (κ1) is 19.5. The second-order valence-electron chi connectivity index (χ2n) is 5.90. The van der Waals surface area contributed by atoms with E-state index in [9.17, 15) is 4.79 Å². The Bertz CT molecular complexity index is 705. The summed E-state index contributed by atoms with van der Waals surface area (Å²) in [7, 11) is 4.04. The average Bonchev–Trinajstić information content (AvgIpc) is 2.57. The van der Waals surface area contributed by atoms with Crippen molar-refractivity contribution in [2.75, 3.05) is 39.0 Å². The number of anilines is 1. The molecular weight excluding hydrogens is 359 g/mol. The molecule has 0 bridgehead atoms. The van der Waals surface area contributed by atoms with Crippen molar-refractivity contribution in [1.82, 2.24) is 15.2 Å². The molecule has 1 aromatic heterocycles. The number of rotatable bonds is 8. The van der Waals surface area contributed by atoms with E-state index >= 15 is 0 Å². The van der Waals surface area contributed by atoms with Gasteiger partial charge >= 0.3 is 0 Å². The summed E-state index contributed by atoms with van der Waals surface area (Å²) in [5.74, 6) is -0.204. The van der Waals surface area contributed by atoms with Crippen LogP contribution in [0.1, 0.15) is 16.1 Å². The highest BCUT2D eigenvalue weighted by Crippen LogP contribution is 2.21. The van der Waals surface area contributed by atoms with Gasteiger partial charge in [-0.2, -0.15) is 0 Å². The second kappa shape index (κ2) is 9.61. The van der Waals surface area contributed by atoms with E-state index in [2.05, 4.69) is 20.5 Å². The monoisotopic (exact) mass is 380 g/mol. The quantitative estimate of drug-likeness (QED) is 0.737. The number of nitrogens with zero attached hydrogens (tertiary/aromatic N) is 2. The fourth-order valence-corrected chi connectivity index (χ4v) is 2.69. The van der Waals surface area contributed by atoms with E-state index in [0.717, 1.165) is 24.3 Å². The van der Waals surface area contributed by atoms with Crippen LogP contribution >= 0.6 is 23.2 Å². The van der Waals surface area contributed by atoms with Crippen molar-refractivity contribution < 1.29 is 4.79 Å². The number of amides is 1. The fraction of sp³-hybridized carbons (Fsp3) is 0.333. The van der Waals surface area contributed by atoms with Crippen molar-refractivity contribution in [3.8, 4) is 0 Å². The largest absolute Gasteiger partial charge is 0.383 e. The van der Waals surface area contributed by atoms with Gasteiger partial charge in [0.05, 0.1) is 11.9 Å². The maximum absolute atomic E-state index is 12.1. The average molecular weight is 381 g/mol. The Kier molecular flexibility index (Phi) is 7.50. The predicted octanol–water partition coefficient (Wildman–Crippen LogP) is 3.33. The Balaban J connectivity index is 1.80. The molecule has 2 rings (SSSR count). The van der Waals surface area contributed by atoms with Gasteiger partial charge < -0.3 is 15.5 Å². The van der Waals surface area contributed by atoms with Crippen molar-refractivity contribution in [2.24, 2.45) is 0 Å². The van der Waals surface area contributed by atoms with Crippen molar-refractivity contribution in [3.63, 3.8) is 0 Å². The molecule has 1 heterocycles. The fourth-order valence-electron chi connectivity index (χ4n) is 2.18. The molecule has 0 aliphatic carbocycles. The summed E-state index contributed by atoms with van der Waals surface area (Å²) in [4.78, 5) is 18.4. The Morgan fingerprint density at radius 2 is 1.96 bits per heavy atom. The maximum atomic E-state index is 12.1. The molecule has 0 atom stereocenters. The van der Waals surface area contributed by atoms with Crippen molar-refractivity contribution in [1.29, 1.82) is 0 Å². The molecule has 2 aromatic rings. The van der Waals surface area contributed by atoms with Crippen LogP contribution in [-0.2, 0) is 6.42 Å². The highest BCUT2D eigenvalue weighted by molar-refractivity contribution is 6.35. The molecule has 0 fully saturated rings. The summed E-state index contributed by atoms with van der Waals surface area (Å²) in [6, 6.07) is 8.91. The van der Waals surface area contributed by atoms with E-state index in [1.54, 1.807) is 24.4 Å². The van der Waals surface area contributed by atoms with Crippen LogP contribution in [0.15, 0.2) is 36.5 Å². The van der Waals surface area contributed by atoms with E-state index in [1.165, 1.54) is 0 Å². The number of carbonyl (C=O) groups excluding carboxylic acids is 1. The zero-order valence-electron chi connectivity index (χ0n) is 14.4. The number of hydrogen-bond donors (Lipinski definition) is 2. The van der Waals surface area contributed by atoms with Gasteiger partial charge in [0.2, 0.25) is 0 Å². The van der Waals surface area contributed by atoms with E-state index in [0.29, 0.717) is 28.7 Å². The number of carbonyl (C=O) groups is 1. The molecule has 0 radical (unpaired) electrons. The van der Waals surface area contributed by atoms with Gasteiger partial charge in [-0.1, -0.05) is 29.3 Å². The van der Waals surface area contributed by atoms with Gasteiger partial charge in [-0.3, -0.25) is 4.79 Å². The molecule has 2 N–H and O–H groups in total. The van der Waals surface area contributed by atoms with Gasteiger partial charge in [-0.15, -0.1) is 0 Å². The minimum Gasteiger partial charge on any atom is -0.383 e. The molecule has 25 heavy (non-hydrogen) atoms. The Hall–Kier alpha value is -1.82.